The maximum absolute atomic E-state index is 4.96. The van der Waals surface area contributed by atoms with Gasteiger partial charge in [-0.05, 0) is 18.3 Å². The molecule has 0 fully saturated rings. The lowest BCUT2D eigenvalue weighted by atomic mass is 10.4. The molecule has 2 aromatic heterocycles. The molecule has 0 atom stereocenters. The molecule has 0 aliphatic heterocycles. The maximum atomic E-state index is 4.96. The Morgan fingerprint density at radius 1 is 1.50 bits per heavy atom. The van der Waals surface area contributed by atoms with Gasteiger partial charge < -0.3 is 4.57 Å². The molecule has 2 N–H and O–H groups in total. The Bertz CT molecular complexity index is 423. The first-order chi connectivity index (χ1) is 5.79. The molecule has 0 aromatic carbocycles. The number of aromatic amines is 2. The molecule has 0 unspecified atom stereocenters. The van der Waals surface area contributed by atoms with E-state index >= 15 is 0 Å². The van der Waals surface area contributed by atoms with Gasteiger partial charge in [0, 0.05) is 13.2 Å². The molecular formula is C6H7N5S. The summed E-state index contributed by atoms with van der Waals surface area (Å²) in [4.78, 5) is 0. The normalized spacial score (nSPS) is 10.4. The van der Waals surface area contributed by atoms with Crippen LogP contribution in [0.2, 0.25) is 0 Å². The molecule has 2 heterocycles. The summed E-state index contributed by atoms with van der Waals surface area (Å²) in [5.41, 5.74) is 0.852. The summed E-state index contributed by atoms with van der Waals surface area (Å²) in [5, 5.41) is 13.4. The Morgan fingerprint density at radius 3 is 2.83 bits per heavy atom. The topological polar surface area (TPSA) is 62.3 Å². The van der Waals surface area contributed by atoms with E-state index in [-0.39, 0.29) is 0 Å². The summed E-state index contributed by atoms with van der Waals surface area (Å²) in [7, 11) is 1.85. The Kier molecular flexibility index (Phi) is 1.54. The van der Waals surface area contributed by atoms with Crippen LogP contribution in [-0.2, 0) is 7.05 Å². The third-order valence-electron chi connectivity index (χ3n) is 1.62. The number of nitrogens with zero attached hydrogens (tertiary/aromatic N) is 3. The first-order valence-electron chi connectivity index (χ1n) is 3.40. The van der Waals surface area contributed by atoms with E-state index in [1.807, 2.05) is 13.1 Å². The Hall–Kier alpha value is -1.43. The molecule has 0 aliphatic rings. The third kappa shape index (κ3) is 0.964. The first kappa shape index (κ1) is 7.23. The average molecular weight is 181 g/mol. The van der Waals surface area contributed by atoms with Gasteiger partial charge in [-0.1, -0.05) is 0 Å². The van der Waals surface area contributed by atoms with Gasteiger partial charge in [0.05, 0.1) is 0 Å². The van der Waals surface area contributed by atoms with Gasteiger partial charge >= 0.3 is 0 Å². The van der Waals surface area contributed by atoms with Crippen LogP contribution in [0.25, 0.3) is 11.5 Å². The van der Waals surface area contributed by atoms with Crippen molar-refractivity contribution in [2.45, 2.75) is 0 Å². The second kappa shape index (κ2) is 2.56. The minimum Gasteiger partial charge on any atom is -0.302 e. The van der Waals surface area contributed by atoms with Crippen molar-refractivity contribution >= 4 is 12.2 Å². The number of nitrogens with one attached hydrogen (secondary N) is 2. The Morgan fingerprint density at radius 2 is 2.33 bits per heavy atom. The summed E-state index contributed by atoms with van der Waals surface area (Å²) in [6, 6.07) is 1.84. The van der Waals surface area contributed by atoms with E-state index in [9.17, 15) is 0 Å². The average Bonchev–Trinajstić information content (AvgIpc) is 2.64. The second-order valence-electron chi connectivity index (χ2n) is 2.38. The highest BCUT2D eigenvalue weighted by Crippen LogP contribution is 2.10. The molecule has 0 aliphatic carbocycles. The van der Waals surface area contributed by atoms with E-state index in [2.05, 4.69) is 20.4 Å². The lowest BCUT2D eigenvalue weighted by Crippen LogP contribution is -1.92. The number of H-pyrrole nitrogens is 2. The second-order valence-corrected chi connectivity index (χ2v) is 2.77. The van der Waals surface area contributed by atoms with Crippen LogP contribution in [0.5, 0.6) is 0 Å². The zero-order chi connectivity index (χ0) is 8.55. The summed E-state index contributed by atoms with van der Waals surface area (Å²) in [6.07, 6.45) is 1.67. The van der Waals surface area contributed by atoms with Crippen molar-refractivity contribution in [3.63, 3.8) is 0 Å². The van der Waals surface area contributed by atoms with Gasteiger partial charge in [-0.3, -0.25) is 10.2 Å². The fourth-order valence-corrected chi connectivity index (χ4v) is 1.10. The number of hydrogen-bond acceptors (Lipinski definition) is 3. The van der Waals surface area contributed by atoms with E-state index in [0.717, 1.165) is 11.5 Å². The standard InChI is InChI=1S/C6H7N5S/c1-11-5(9-10-6(11)12)4-2-3-7-8-4/h2-3H,1H3,(H,7,8)(H,10,12). The molecule has 0 spiro atoms. The van der Waals surface area contributed by atoms with Crippen LogP contribution in [0.15, 0.2) is 12.3 Å². The molecule has 2 rings (SSSR count). The fraction of sp³-hybridized carbons (Fsp3) is 0.167. The zero-order valence-electron chi connectivity index (χ0n) is 6.40. The number of aromatic nitrogens is 5. The van der Waals surface area contributed by atoms with Crippen molar-refractivity contribution in [1.82, 2.24) is 25.0 Å². The van der Waals surface area contributed by atoms with E-state index in [1.165, 1.54) is 0 Å². The van der Waals surface area contributed by atoms with Gasteiger partial charge in [-0.25, -0.2) is 0 Å². The minimum atomic E-state index is 0.597. The molecule has 0 bridgehead atoms. The molecule has 6 heteroatoms. The lowest BCUT2D eigenvalue weighted by molar-refractivity contribution is 0.894. The van der Waals surface area contributed by atoms with Crippen molar-refractivity contribution in [3.05, 3.63) is 17.0 Å². The van der Waals surface area contributed by atoms with Crippen LogP contribution >= 0.6 is 12.2 Å². The highest BCUT2D eigenvalue weighted by Gasteiger charge is 2.04. The molecule has 2 aromatic rings. The number of hydrogen-bond donors (Lipinski definition) is 2. The highest BCUT2D eigenvalue weighted by atomic mass is 32.1. The molecule has 0 saturated heterocycles. The summed E-state index contributed by atoms with van der Waals surface area (Å²) in [5.74, 6) is 0.762. The lowest BCUT2D eigenvalue weighted by Gasteiger charge is -1.93. The number of rotatable bonds is 1. The fourth-order valence-electron chi connectivity index (χ4n) is 0.968. The molecule has 62 valence electrons. The third-order valence-corrected chi connectivity index (χ3v) is 1.99. The minimum absolute atomic E-state index is 0.597. The van der Waals surface area contributed by atoms with Crippen LogP contribution in [0.3, 0.4) is 0 Å². The van der Waals surface area contributed by atoms with Crippen LogP contribution in [-0.4, -0.2) is 25.0 Å². The van der Waals surface area contributed by atoms with Crippen molar-refractivity contribution in [2.24, 2.45) is 7.05 Å². The van der Waals surface area contributed by atoms with Gasteiger partial charge in [-0.2, -0.15) is 10.2 Å². The Balaban J connectivity index is 2.62. The van der Waals surface area contributed by atoms with Crippen LogP contribution in [0.1, 0.15) is 0 Å². The van der Waals surface area contributed by atoms with Crippen molar-refractivity contribution < 1.29 is 0 Å². The molecule has 5 nitrogen and oxygen atoms in total. The monoisotopic (exact) mass is 181 g/mol. The van der Waals surface area contributed by atoms with Crippen LogP contribution in [0.4, 0.5) is 0 Å². The van der Waals surface area contributed by atoms with E-state index in [1.54, 1.807) is 10.8 Å². The smallest absolute Gasteiger partial charge is 0.195 e. The molecule has 12 heavy (non-hydrogen) atoms. The molecular weight excluding hydrogens is 174 g/mol. The van der Waals surface area contributed by atoms with Crippen molar-refractivity contribution in [3.8, 4) is 11.5 Å². The summed E-state index contributed by atoms with van der Waals surface area (Å²) in [6.45, 7) is 0. The van der Waals surface area contributed by atoms with Crippen molar-refractivity contribution in [1.29, 1.82) is 0 Å². The molecule has 0 saturated carbocycles. The van der Waals surface area contributed by atoms with Gasteiger partial charge in [-0.15, -0.1) is 0 Å². The summed E-state index contributed by atoms with van der Waals surface area (Å²) < 4.78 is 2.38. The van der Waals surface area contributed by atoms with E-state index in [4.69, 9.17) is 12.2 Å². The van der Waals surface area contributed by atoms with E-state index in [0.29, 0.717) is 4.77 Å². The summed E-state index contributed by atoms with van der Waals surface area (Å²) >= 11 is 4.96. The predicted molar refractivity (Wildman–Crippen MR) is 46.0 cm³/mol. The predicted octanol–water partition coefficient (Wildman–Crippen LogP) is 0.868. The quantitative estimate of drug-likeness (QED) is 0.641. The molecule has 0 radical (unpaired) electrons. The SMILES string of the molecule is Cn1c(-c2ccn[nH]2)n[nH]c1=S. The zero-order valence-corrected chi connectivity index (χ0v) is 7.22. The maximum Gasteiger partial charge on any atom is 0.195 e. The van der Waals surface area contributed by atoms with Gasteiger partial charge in [0.2, 0.25) is 0 Å². The van der Waals surface area contributed by atoms with E-state index < -0.39 is 0 Å². The van der Waals surface area contributed by atoms with Crippen LogP contribution in [0, 0.1) is 4.77 Å². The van der Waals surface area contributed by atoms with Gasteiger partial charge in [0.1, 0.15) is 5.69 Å². The largest absolute Gasteiger partial charge is 0.302 e. The van der Waals surface area contributed by atoms with Crippen LogP contribution < -0.4 is 0 Å². The highest BCUT2D eigenvalue weighted by molar-refractivity contribution is 7.71. The first-order valence-corrected chi connectivity index (χ1v) is 3.81. The molecule has 0 amide bonds. The van der Waals surface area contributed by atoms with Crippen molar-refractivity contribution in [2.75, 3.05) is 0 Å². The Labute approximate surface area is 73.4 Å². The van der Waals surface area contributed by atoms with Gasteiger partial charge in [0.25, 0.3) is 0 Å². The van der Waals surface area contributed by atoms with Gasteiger partial charge in [0.15, 0.2) is 10.6 Å².